The molecule has 4 heteroatoms. The van der Waals surface area contributed by atoms with Crippen molar-refractivity contribution in [2.75, 3.05) is 20.2 Å². The lowest BCUT2D eigenvalue weighted by Crippen LogP contribution is -2.23. The Morgan fingerprint density at radius 2 is 1.67 bits per heavy atom. The van der Waals surface area contributed by atoms with Gasteiger partial charge in [0, 0.05) is 17.7 Å². The van der Waals surface area contributed by atoms with Crippen molar-refractivity contribution in [1.82, 2.24) is 4.90 Å². The van der Waals surface area contributed by atoms with E-state index in [4.69, 9.17) is 9.15 Å². The van der Waals surface area contributed by atoms with Crippen molar-refractivity contribution < 1.29 is 9.15 Å². The van der Waals surface area contributed by atoms with Crippen molar-refractivity contribution in [2.45, 2.75) is 34.2 Å². The minimum atomic E-state index is 0.00951. The maximum absolute atomic E-state index is 13.1. The fourth-order valence-electron chi connectivity index (χ4n) is 3.38. The zero-order valence-electron chi connectivity index (χ0n) is 16.8. The number of fused-ring (bicyclic) bond motifs is 1. The molecular formula is C23H27NO3. The Morgan fingerprint density at radius 1 is 1.00 bits per heavy atom. The van der Waals surface area contributed by atoms with E-state index < -0.39 is 0 Å². The molecule has 0 aliphatic rings. The first-order valence-corrected chi connectivity index (χ1v) is 9.42. The van der Waals surface area contributed by atoms with Crippen LogP contribution in [0.5, 0.6) is 5.75 Å². The average Bonchev–Trinajstić information content (AvgIpc) is 2.69. The van der Waals surface area contributed by atoms with Gasteiger partial charge in [-0.15, -0.1) is 0 Å². The highest BCUT2D eigenvalue weighted by Crippen LogP contribution is 2.32. The highest BCUT2D eigenvalue weighted by Gasteiger charge is 2.19. The summed E-state index contributed by atoms with van der Waals surface area (Å²) < 4.78 is 11.9. The van der Waals surface area contributed by atoms with Gasteiger partial charge in [0.2, 0.25) is 0 Å². The lowest BCUT2D eigenvalue weighted by Gasteiger charge is -2.21. The third-order valence-electron chi connectivity index (χ3n) is 5.16. The number of methoxy groups -OCH3 is 1. The molecule has 0 atom stereocenters. The van der Waals surface area contributed by atoms with Gasteiger partial charge in [-0.2, -0.15) is 0 Å². The molecule has 1 aromatic heterocycles. The van der Waals surface area contributed by atoms with Gasteiger partial charge < -0.3 is 9.15 Å². The van der Waals surface area contributed by atoms with E-state index in [-0.39, 0.29) is 5.43 Å². The van der Waals surface area contributed by atoms with Crippen LogP contribution in [0.15, 0.2) is 45.6 Å². The SMILES string of the molecule is CCN(CC)Cc1c(OC)ccc2c(=O)c(C)c(-c3ccc(C)cc3)oc12. The summed E-state index contributed by atoms with van der Waals surface area (Å²) in [5, 5.41) is 0.603. The summed E-state index contributed by atoms with van der Waals surface area (Å²) in [5.74, 6) is 1.37. The van der Waals surface area contributed by atoms with E-state index in [1.54, 1.807) is 13.2 Å². The van der Waals surface area contributed by atoms with Crippen LogP contribution in [0.1, 0.15) is 30.5 Å². The fourth-order valence-corrected chi connectivity index (χ4v) is 3.38. The van der Waals surface area contributed by atoms with Gasteiger partial charge >= 0.3 is 0 Å². The molecular weight excluding hydrogens is 338 g/mol. The topological polar surface area (TPSA) is 42.7 Å². The van der Waals surface area contributed by atoms with Gasteiger partial charge in [-0.25, -0.2) is 0 Å². The maximum Gasteiger partial charge on any atom is 0.196 e. The zero-order chi connectivity index (χ0) is 19.6. The Balaban J connectivity index is 2.29. The Labute approximate surface area is 160 Å². The first kappa shape index (κ1) is 19.2. The van der Waals surface area contributed by atoms with Crippen molar-refractivity contribution in [2.24, 2.45) is 0 Å². The third kappa shape index (κ3) is 3.62. The molecule has 4 nitrogen and oxygen atoms in total. The second kappa shape index (κ2) is 7.97. The Kier molecular flexibility index (Phi) is 5.66. The molecule has 27 heavy (non-hydrogen) atoms. The maximum atomic E-state index is 13.1. The van der Waals surface area contributed by atoms with Crippen LogP contribution in [-0.4, -0.2) is 25.1 Å². The summed E-state index contributed by atoms with van der Waals surface area (Å²) >= 11 is 0. The number of rotatable bonds is 6. The average molecular weight is 365 g/mol. The number of aryl methyl sites for hydroxylation is 1. The van der Waals surface area contributed by atoms with Gasteiger partial charge in [0.15, 0.2) is 5.43 Å². The molecule has 0 N–H and O–H groups in total. The van der Waals surface area contributed by atoms with Gasteiger partial charge in [-0.1, -0.05) is 43.7 Å². The van der Waals surface area contributed by atoms with Crippen molar-refractivity contribution in [1.29, 1.82) is 0 Å². The van der Waals surface area contributed by atoms with E-state index in [2.05, 4.69) is 18.7 Å². The van der Waals surface area contributed by atoms with Gasteiger partial charge in [0.1, 0.15) is 17.1 Å². The number of ether oxygens (including phenoxy) is 1. The van der Waals surface area contributed by atoms with Crippen LogP contribution in [0.25, 0.3) is 22.3 Å². The number of hydrogen-bond donors (Lipinski definition) is 0. The van der Waals surface area contributed by atoms with E-state index in [9.17, 15) is 4.79 Å². The van der Waals surface area contributed by atoms with Crippen LogP contribution < -0.4 is 10.2 Å². The van der Waals surface area contributed by atoms with Gasteiger partial charge in [0.05, 0.1) is 18.1 Å². The van der Waals surface area contributed by atoms with E-state index in [0.29, 0.717) is 28.8 Å². The molecule has 0 fully saturated rings. The first-order valence-electron chi connectivity index (χ1n) is 9.42. The Hall–Kier alpha value is -2.59. The normalized spacial score (nSPS) is 11.3. The largest absolute Gasteiger partial charge is 0.496 e. The summed E-state index contributed by atoms with van der Waals surface area (Å²) in [6.45, 7) is 10.6. The van der Waals surface area contributed by atoms with Crippen molar-refractivity contribution in [3.8, 4) is 17.1 Å². The number of hydrogen-bond acceptors (Lipinski definition) is 4. The highest BCUT2D eigenvalue weighted by atomic mass is 16.5. The summed E-state index contributed by atoms with van der Waals surface area (Å²) in [5.41, 5.74) is 4.26. The fraction of sp³-hybridized carbons (Fsp3) is 0.348. The van der Waals surface area contributed by atoms with Gasteiger partial charge in [-0.3, -0.25) is 9.69 Å². The van der Waals surface area contributed by atoms with Crippen LogP contribution in [-0.2, 0) is 6.54 Å². The molecule has 0 aliphatic carbocycles. The quantitative estimate of drug-likeness (QED) is 0.621. The molecule has 0 radical (unpaired) electrons. The predicted octanol–water partition coefficient (Wildman–Crippen LogP) is 4.93. The van der Waals surface area contributed by atoms with Crippen LogP contribution in [0, 0.1) is 13.8 Å². The van der Waals surface area contributed by atoms with Crippen molar-refractivity contribution in [3.05, 3.63) is 63.3 Å². The third-order valence-corrected chi connectivity index (χ3v) is 5.16. The number of benzene rings is 2. The molecule has 0 saturated carbocycles. The van der Waals surface area contributed by atoms with Gasteiger partial charge in [-0.05, 0) is 39.1 Å². The van der Waals surface area contributed by atoms with E-state index in [0.717, 1.165) is 30.0 Å². The molecule has 142 valence electrons. The van der Waals surface area contributed by atoms with Crippen molar-refractivity contribution in [3.63, 3.8) is 0 Å². The standard InChI is InChI=1S/C23H27NO3/c1-6-24(7-2)14-19-20(26-5)13-12-18-21(25)16(4)22(27-23(18)19)17-10-8-15(3)9-11-17/h8-13H,6-7,14H2,1-5H3. The van der Waals surface area contributed by atoms with Crippen LogP contribution in [0.3, 0.4) is 0 Å². The lowest BCUT2D eigenvalue weighted by molar-refractivity contribution is 0.289. The van der Waals surface area contributed by atoms with E-state index in [1.807, 2.05) is 44.2 Å². The zero-order valence-corrected chi connectivity index (χ0v) is 16.8. The van der Waals surface area contributed by atoms with Crippen molar-refractivity contribution >= 4 is 11.0 Å². The minimum Gasteiger partial charge on any atom is -0.496 e. The molecule has 0 amide bonds. The highest BCUT2D eigenvalue weighted by molar-refractivity contribution is 5.85. The monoisotopic (exact) mass is 365 g/mol. The Morgan fingerprint density at radius 3 is 2.26 bits per heavy atom. The summed E-state index contributed by atoms with van der Waals surface area (Å²) in [6, 6.07) is 11.7. The first-order chi connectivity index (χ1) is 13.0. The lowest BCUT2D eigenvalue weighted by atomic mass is 10.0. The molecule has 2 aromatic carbocycles. The second-order valence-electron chi connectivity index (χ2n) is 6.84. The summed E-state index contributed by atoms with van der Waals surface area (Å²) in [4.78, 5) is 15.3. The molecule has 0 saturated heterocycles. The molecule has 0 spiro atoms. The van der Waals surface area contributed by atoms with Gasteiger partial charge in [0.25, 0.3) is 0 Å². The molecule has 0 aliphatic heterocycles. The van der Waals surface area contributed by atoms with Crippen LogP contribution in [0.2, 0.25) is 0 Å². The smallest absolute Gasteiger partial charge is 0.196 e. The van der Waals surface area contributed by atoms with E-state index in [1.165, 1.54) is 5.56 Å². The second-order valence-corrected chi connectivity index (χ2v) is 6.84. The molecule has 3 aromatic rings. The number of nitrogens with zero attached hydrogens (tertiary/aromatic N) is 1. The molecule has 3 rings (SSSR count). The summed E-state index contributed by atoms with van der Waals surface area (Å²) in [7, 11) is 1.65. The summed E-state index contributed by atoms with van der Waals surface area (Å²) in [6.07, 6.45) is 0. The molecule has 0 unspecified atom stereocenters. The predicted molar refractivity (Wildman–Crippen MR) is 111 cm³/mol. The Bertz CT molecular complexity index is 999. The van der Waals surface area contributed by atoms with E-state index >= 15 is 0 Å². The van der Waals surface area contributed by atoms with Crippen LogP contribution >= 0.6 is 0 Å². The minimum absolute atomic E-state index is 0.00951. The molecule has 1 heterocycles. The van der Waals surface area contributed by atoms with Crippen LogP contribution in [0.4, 0.5) is 0 Å². The molecule has 0 bridgehead atoms.